The second-order valence-electron chi connectivity index (χ2n) is 6.21. The van der Waals surface area contributed by atoms with Gasteiger partial charge in [-0.05, 0) is 12.8 Å². The number of aryl methyl sites for hydroxylation is 1. The Hall–Kier alpha value is -2.42. The number of hydrogen-bond acceptors (Lipinski definition) is 6. The summed E-state index contributed by atoms with van der Waals surface area (Å²) < 4.78 is 4.25. The highest BCUT2D eigenvalue weighted by Gasteiger charge is 2.28. The van der Waals surface area contributed by atoms with E-state index in [2.05, 4.69) is 21.9 Å². The molecule has 1 aliphatic carbocycles. The Labute approximate surface area is 141 Å². The van der Waals surface area contributed by atoms with E-state index in [0.717, 1.165) is 15.4 Å². The Kier molecular flexibility index (Phi) is 3.34. The summed E-state index contributed by atoms with van der Waals surface area (Å²) >= 11 is 1.61. The fourth-order valence-electron chi connectivity index (χ4n) is 2.84. The van der Waals surface area contributed by atoms with Gasteiger partial charge in [0.25, 0.3) is 5.56 Å². The quantitative estimate of drug-likeness (QED) is 0.689. The molecule has 0 aliphatic heterocycles. The van der Waals surface area contributed by atoms with Crippen LogP contribution in [0.4, 0.5) is 5.13 Å². The zero-order chi connectivity index (χ0) is 17.0. The molecule has 24 heavy (non-hydrogen) atoms. The summed E-state index contributed by atoms with van der Waals surface area (Å²) in [6.07, 6.45) is 4.04. The first-order chi connectivity index (χ1) is 11.5. The number of hydrogen-bond donors (Lipinski definition) is 0. The van der Waals surface area contributed by atoms with Gasteiger partial charge < -0.3 is 9.47 Å². The number of aromatic nitrogens is 5. The van der Waals surface area contributed by atoms with Gasteiger partial charge in [0.05, 0.1) is 18.6 Å². The fraction of sp³-hybridized carbons (Fsp3) is 0.467. The minimum atomic E-state index is -0.375. The standard InChI is InChI=1S/C15H18N6O2S/c1-18(10-4-5-10)14-17-9(7-24-14)6-21-8-16-12-11(21)13(22)20(3)15(23)19(12)2/h7-8,10H,4-6H2,1-3H3. The molecule has 0 aromatic carbocycles. The molecule has 9 heteroatoms. The topological polar surface area (TPSA) is 78.0 Å². The maximum absolute atomic E-state index is 12.4. The van der Waals surface area contributed by atoms with Crippen LogP contribution in [0.25, 0.3) is 11.2 Å². The van der Waals surface area contributed by atoms with Gasteiger partial charge in [-0.2, -0.15) is 0 Å². The third kappa shape index (κ3) is 2.27. The van der Waals surface area contributed by atoms with Crippen LogP contribution in [0.2, 0.25) is 0 Å². The van der Waals surface area contributed by atoms with Crippen LogP contribution in [0.15, 0.2) is 21.3 Å². The van der Waals surface area contributed by atoms with Gasteiger partial charge in [-0.25, -0.2) is 14.8 Å². The van der Waals surface area contributed by atoms with E-state index in [1.54, 1.807) is 29.3 Å². The Morgan fingerprint density at radius 3 is 2.75 bits per heavy atom. The number of fused-ring (bicyclic) bond motifs is 1. The summed E-state index contributed by atoms with van der Waals surface area (Å²) in [4.78, 5) is 35.5. The van der Waals surface area contributed by atoms with Gasteiger partial charge in [0.15, 0.2) is 16.3 Å². The number of imidazole rings is 1. The Morgan fingerprint density at radius 2 is 2.04 bits per heavy atom. The first-order valence-corrected chi connectivity index (χ1v) is 8.63. The lowest BCUT2D eigenvalue weighted by Gasteiger charge is -2.13. The average Bonchev–Trinajstić information content (AvgIpc) is 3.18. The molecule has 3 aromatic rings. The first kappa shape index (κ1) is 15.1. The highest BCUT2D eigenvalue weighted by atomic mass is 32.1. The van der Waals surface area contributed by atoms with Crippen LogP contribution >= 0.6 is 11.3 Å². The SMILES string of the molecule is CN(c1nc(Cn2cnc3c2c(=O)n(C)c(=O)n3C)cs1)C1CC1. The zero-order valence-corrected chi connectivity index (χ0v) is 14.6. The molecule has 0 amide bonds. The molecule has 1 aliphatic rings. The van der Waals surface area contributed by atoms with Crippen LogP contribution in [0, 0.1) is 0 Å². The normalized spacial score (nSPS) is 14.5. The Bertz CT molecular complexity index is 1040. The van der Waals surface area contributed by atoms with E-state index < -0.39 is 0 Å². The average molecular weight is 346 g/mol. The molecule has 1 saturated carbocycles. The molecule has 126 valence electrons. The highest BCUT2D eigenvalue weighted by Crippen LogP contribution is 2.32. The molecule has 0 spiro atoms. The van der Waals surface area contributed by atoms with Crippen molar-refractivity contribution in [1.29, 1.82) is 0 Å². The molecular formula is C15H18N6O2S. The molecule has 0 N–H and O–H groups in total. The van der Waals surface area contributed by atoms with E-state index in [4.69, 9.17) is 0 Å². The largest absolute Gasteiger partial charge is 0.348 e. The van der Waals surface area contributed by atoms with Crippen molar-refractivity contribution in [2.45, 2.75) is 25.4 Å². The van der Waals surface area contributed by atoms with Crippen LogP contribution in [0.1, 0.15) is 18.5 Å². The minimum Gasteiger partial charge on any atom is -0.348 e. The lowest BCUT2D eigenvalue weighted by atomic mass is 10.4. The predicted molar refractivity (Wildman–Crippen MR) is 92.9 cm³/mol. The number of thiazole rings is 1. The summed E-state index contributed by atoms with van der Waals surface area (Å²) in [7, 11) is 5.17. The summed E-state index contributed by atoms with van der Waals surface area (Å²) in [6.45, 7) is 0.457. The third-order valence-electron chi connectivity index (χ3n) is 4.49. The molecule has 3 aromatic heterocycles. The number of nitrogens with zero attached hydrogens (tertiary/aromatic N) is 6. The van der Waals surface area contributed by atoms with Crippen molar-refractivity contribution in [3.05, 3.63) is 38.2 Å². The van der Waals surface area contributed by atoms with Crippen molar-refractivity contribution < 1.29 is 0 Å². The monoisotopic (exact) mass is 346 g/mol. The predicted octanol–water partition coefficient (Wildman–Crippen LogP) is 0.537. The Balaban J connectivity index is 1.73. The van der Waals surface area contributed by atoms with Crippen LogP contribution in [-0.2, 0) is 20.6 Å². The number of anilines is 1. The molecule has 0 atom stereocenters. The van der Waals surface area contributed by atoms with E-state index in [9.17, 15) is 9.59 Å². The third-order valence-corrected chi connectivity index (χ3v) is 5.47. The van der Waals surface area contributed by atoms with E-state index in [-0.39, 0.29) is 11.2 Å². The Morgan fingerprint density at radius 1 is 1.29 bits per heavy atom. The van der Waals surface area contributed by atoms with Crippen LogP contribution < -0.4 is 16.1 Å². The highest BCUT2D eigenvalue weighted by molar-refractivity contribution is 7.13. The van der Waals surface area contributed by atoms with Crippen molar-refractivity contribution in [3.63, 3.8) is 0 Å². The fourth-order valence-corrected chi connectivity index (χ4v) is 3.69. The molecule has 8 nitrogen and oxygen atoms in total. The zero-order valence-electron chi connectivity index (χ0n) is 13.8. The van der Waals surface area contributed by atoms with Crippen molar-refractivity contribution in [2.24, 2.45) is 14.1 Å². The van der Waals surface area contributed by atoms with E-state index in [1.807, 2.05) is 5.38 Å². The van der Waals surface area contributed by atoms with Gasteiger partial charge in [-0.1, -0.05) is 0 Å². The molecule has 0 unspecified atom stereocenters. The van der Waals surface area contributed by atoms with Gasteiger partial charge in [0.2, 0.25) is 0 Å². The number of rotatable bonds is 4. The van der Waals surface area contributed by atoms with E-state index in [0.29, 0.717) is 23.8 Å². The van der Waals surface area contributed by atoms with Crippen molar-refractivity contribution in [1.82, 2.24) is 23.7 Å². The molecule has 0 radical (unpaired) electrons. The summed E-state index contributed by atoms with van der Waals surface area (Å²) in [5.41, 5.74) is 0.993. The lowest BCUT2D eigenvalue weighted by Crippen LogP contribution is -2.37. The van der Waals surface area contributed by atoms with Crippen molar-refractivity contribution in [2.75, 3.05) is 11.9 Å². The second kappa shape index (κ2) is 5.30. The molecule has 1 fully saturated rings. The molecular weight excluding hydrogens is 328 g/mol. The van der Waals surface area contributed by atoms with Crippen LogP contribution in [0.3, 0.4) is 0 Å². The van der Waals surface area contributed by atoms with Gasteiger partial charge >= 0.3 is 5.69 Å². The summed E-state index contributed by atoms with van der Waals surface area (Å²) in [6, 6.07) is 0.611. The summed E-state index contributed by atoms with van der Waals surface area (Å²) in [5.74, 6) is 0. The maximum Gasteiger partial charge on any atom is 0.332 e. The van der Waals surface area contributed by atoms with Crippen molar-refractivity contribution in [3.8, 4) is 0 Å². The van der Waals surface area contributed by atoms with Crippen molar-refractivity contribution >= 4 is 27.6 Å². The van der Waals surface area contributed by atoms with Gasteiger partial charge in [0.1, 0.15) is 0 Å². The molecule has 4 rings (SSSR count). The van der Waals surface area contributed by atoms with E-state index in [1.165, 1.54) is 24.5 Å². The van der Waals surface area contributed by atoms with Crippen LogP contribution in [-0.4, -0.2) is 36.8 Å². The smallest absolute Gasteiger partial charge is 0.332 e. The van der Waals surface area contributed by atoms with Crippen LogP contribution in [0.5, 0.6) is 0 Å². The van der Waals surface area contributed by atoms with Gasteiger partial charge in [-0.15, -0.1) is 11.3 Å². The minimum absolute atomic E-state index is 0.337. The lowest BCUT2D eigenvalue weighted by molar-refractivity contribution is 0.701. The second-order valence-corrected chi connectivity index (χ2v) is 7.05. The first-order valence-electron chi connectivity index (χ1n) is 7.75. The molecule has 3 heterocycles. The van der Waals surface area contributed by atoms with Gasteiger partial charge in [-0.3, -0.25) is 13.9 Å². The summed E-state index contributed by atoms with van der Waals surface area (Å²) in [5, 5.41) is 3.00. The molecule has 0 bridgehead atoms. The van der Waals surface area contributed by atoms with E-state index >= 15 is 0 Å². The maximum atomic E-state index is 12.4. The molecule has 0 saturated heterocycles. The van der Waals surface area contributed by atoms with Gasteiger partial charge in [0, 0.05) is 32.6 Å².